The molecule has 0 aromatic rings. The summed E-state index contributed by atoms with van der Waals surface area (Å²) in [6, 6.07) is 0. The average molecular weight is 250 g/mol. The molecular formula is C11H24ClNOSi. The van der Waals surface area contributed by atoms with Crippen LogP contribution in [0.15, 0.2) is 0 Å². The Kier molecular flexibility index (Phi) is 4.26. The predicted molar refractivity (Wildman–Crippen MR) is 68.7 cm³/mol. The highest BCUT2D eigenvalue weighted by Crippen LogP contribution is 2.36. The lowest BCUT2D eigenvalue weighted by Crippen LogP contribution is -2.52. The van der Waals surface area contributed by atoms with Crippen LogP contribution in [-0.2, 0) is 4.43 Å². The van der Waals surface area contributed by atoms with Gasteiger partial charge in [0.15, 0.2) is 0 Å². The summed E-state index contributed by atoms with van der Waals surface area (Å²) in [5.41, 5.74) is 0.0317. The lowest BCUT2D eigenvalue weighted by molar-refractivity contribution is -0.0333. The molecule has 4 heteroatoms. The van der Waals surface area contributed by atoms with Gasteiger partial charge in [-0.15, -0.1) is 11.1 Å². The average Bonchev–Trinajstić information content (AvgIpc) is 2.06. The van der Waals surface area contributed by atoms with Gasteiger partial charge in [0.25, 0.3) is 7.63 Å². The monoisotopic (exact) mass is 249 g/mol. The third kappa shape index (κ3) is 3.73. The van der Waals surface area contributed by atoms with Crippen molar-refractivity contribution in [2.24, 2.45) is 5.92 Å². The molecule has 15 heavy (non-hydrogen) atoms. The summed E-state index contributed by atoms with van der Waals surface area (Å²) in [6.45, 7) is 10.9. The van der Waals surface area contributed by atoms with Gasteiger partial charge in [0, 0.05) is 13.1 Å². The van der Waals surface area contributed by atoms with E-state index in [1.165, 1.54) is 0 Å². The molecule has 0 aliphatic carbocycles. The number of piperidine rings is 1. The lowest BCUT2D eigenvalue weighted by atomic mass is 9.82. The van der Waals surface area contributed by atoms with Gasteiger partial charge in [0.1, 0.15) is 0 Å². The normalized spacial score (nSPS) is 23.4. The van der Waals surface area contributed by atoms with E-state index in [1.54, 1.807) is 0 Å². The molecule has 0 saturated carbocycles. The van der Waals surface area contributed by atoms with E-state index in [9.17, 15) is 0 Å². The van der Waals surface area contributed by atoms with Gasteiger partial charge < -0.3 is 9.33 Å². The molecule has 0 atom stereocenters. The van der Waals surface area contributed by atoms with Crippen LogP contribution in [0.3, 0.4) is 0 Å². The third-order valence-corrected chi connectivity index (χ3v) is 4.45. The van der Waals surface area contributed by atoms with Crippen LogP contribution < -0.4 is 0 Å². The van der Waals surface area contributed by atoms with Crippen molar-refractivity contribution in [3.8, 4) is 0 Å². The lowest BCUT2D eigenvalue weighted by Gasteiger charge is -2.46. The van der Waals surface area contributed by atoms with E-state index in [0.29, 0.717) is 5.92 Å². The SMILES string of the molecule is CC(C)C1(O[Si](C)(C)Cl)CCN(C)CC1. The summed E-state index contributed by atoms with van der Waals surface area (Å²) in [5.74, 6) is 0.553. The van der Waals surface area contributed by atoms with E-state index in [0.717, 1.165) is 25.9 Å². The zero-order valence-electron chi connectivity index (χ0n) is 10.6. The first-order valence-electron chi connectivity index (χ1n) is 5.83. The van der Waals surface area contributed by atoms with Crippen LogP contribution >= 0.6 is 11.1 Å². The van der Waals surface area contributed by atoms with Gasteiger partial charge in [-0.2, -0.15) is 0 Å². The Bertz CT molecular complexity index is 207. The Balaban J connectivity index is 2.72. The molecule has 1 rings (SSSR count). The van der Waals surface area contributed by atoms with Crippen molar-refractivity contribution in [2.75, 3.05) is 20.1 Å². The summed E-state index contributed by atoms with van der Waals surface area (Å²) in [6.07, 6.45) is 2.23. The Morgan fingerprint density at radius 1 is 1.27 bits per heavy atom. The molecule has 0 bridgehead atoms. The van der Waals surface area contributed by atoms with E-state index in [4.69, 9.17) is 15.5 Å². The van der Waals surface area contributed by atoms with Crippen molar-refractivity contribution in [3.63, 3.8) is 0 Å². The van der Waals surface area contributed by atoms with E-state index < -0.39 is 7.63 Å². The molecule has 1 saturated heterocycles. The van der Waals surface area contributed by atoms with Gasteiger partial charge in [-0.3, -0.25) is 0 Å². The van der Waals surface area contributed by atoms with Crippen LogP contribution in [0.4, 0.5) is 0 Å². The number of hydrogen-bond donors (Lipinski definition) is 0. The Morgan fingerprint density at radius 3 is 2.07 bits per heavy atom. The zero-order valence-corrected chi connectivity index (χ0v) is 12.4. The second-order valence-electron chi connectivity index (χ2n) is 5.49. The molecule has 1 fully saturated rings. The Labute approximate surface area is 99.8 Å². The quantitative estimate of drug-likeness (QED) is 0.563. The van der Waals surface area contributed by atoms with Gasteiger partial charge in [-0.05, 0) is 38.9 Å². The van der Waals surface area contributed by atoms with Crippen molar-refractivity contribution < 1.29 is 4.43 Å². The minimum atomic E-state index is -1.95. The summed E-state index contributed by atoms with van der Waals surface area (Å²) in [5, 5.41) is 0. The van der Waals surface area contributed by atoms with Crippen molar-refractivity contribution >= 4 is 18.7 Å². The summed E-state index contributed by atoms with van der Waals surface area (Å²) >= 11 is 6.34. The molecule has 0 aromatic heterocycles. The predicted octanol–water partition coefficient (Wildman–Crippen LogP) is 3.06. The maximum Gasteiger partial charge on any atom is 0.284 e. The van der Waals surface area contributed by atoms with Gasteiger partial charge >= 0.3 is 0 Å². The second kappa shape index (κ2) is 4.74. The molecule has 0 amide bonds. The molecule has 1 aliphatic rings. The van der Waals surface area contributed by atoms with E-state index >= 15 is 0 Å². The van der Waals surface area contributed by atoms with Crippen LogP contribution in [0.25, 0.3) is 0 Å². The van der Waals surface area contributed by atoms with Crippen LogP contribution in [0.5, 0.6) is 0 Å². The van der Waals surface area contributed by atoms with Crippen LogP contribution in [0.1, 0.15) is 26.7 Å². The number of rotatable bonds is 3. The number of likely N-dealkylation sites (tertiary alicyclic amines) is 1. The van der Waals surface area contributed by atoms with Crippen molar-refractivity contribution in [3.05, 3.63) is 0 Å². The molecular weight excluding hydrogens is 226 g/mol. The highest BCUT2D eigenvalue weighted by Gasteiger charge is 2.41. The van der Waals surface area contributed by atoms with E-state index in [-0.39, 0.29) is 5.60 Å². The maximum atomic E-state index is 6.34. The number of hydrogen-bond acceptors (Lipinski definition) is 2. The Hall–Kier alpha value is 0.427. The molecule has 0 spiro atoms. The zero-order chi connectivity index (χ0) is 11.7. The first-order valence-corrected chi connectivity index (χ1v) is 9.75. The molecule has 0 radical (unpaired) electrons. The van der Waals surface area contributed by atoms with E-state index in [1.807, 2.05) is 0 Å². The fourth-order valence-corrected chi connectivity index (χ4v) is 4.15. The van der Waals surface area contributed by atoms with E-state index in [2.05, 4.69) is 38.9 Å². The van der Waals surface area contributed by atoms with Crippen molar-refractivity contribution in [1.29, 1.82) is 0 Å². The summed E-state index contributed by atoms with van der Waals surface area (Å²) in [7, 11) is 0.226. The van der Waals surface area contributed by atoms with Gasteiger partial charge in [-0.1, -0.05) is 13.8 Å². The topological polar surface area (TPSA) is 12.5 Å². The molecule has 90 valence electrons. The fraction of sp³-hybridized carbons (Fsp3) is 1.00. The number of halogens is 1. The summed E-state index contributed by atoms with van der Waals surface area (Å²) in [4.78, 5) is 2.37. The smallest absolute Gasteiger partial charge is 0.284 e. The number of nitrogens with zero attached hydrogens (tertiary/aromatic N) is 1. The van der Waals surface area contributed by atoms with Gasteiger partial charge in [0.05, 0.1) is 5.60 Å². The maximum absolute atomic E-state index is 6.34. The largest absolute Gasteiger partial charge is 0.397 e. The van der Waals surface area contributed by atoms with Gasteiger partial charge in [0.2, 0.25) is 0 Å². The molecule has 0 N–H and O–H groups in total. The fourth-order valence-electron chi connectivity index (χ4n) is 2.28. The molecule has 0 unspecified atom stereocenters. The van der Waals surface area contributed by atoms with Crippen molar-refractivity contribution in [1.82, 2.24) is 4.90 Å². The van der Waals surface area contributed by atoms with Crippen LogP contribution in [-0.4, -0.2) is 38.3 Å². The molecule has 1 aliphatic heterocycles. The first-order chi connectivity index (χ1) is 6.75. The Morgan fingerprint density at radius 2 is 1.73 bits per heavy atom. The minimum absolute atomic E-state index is 0.0317. The second-order valence-corrected chi connectivity index (χ2v) is 11.1. The molecule has 0 aromatic carbocycles. The van der Waals surface area contributed by atoms with Crippen LogP contribution in [0.2, 0.25) is 13.1 Å². The standard InChI is InChI=1S/C11H24ClNOSi/c1-10(2)11(14-15(4,5)12)6-8-13(3)9-7-11/h10H,6-9H2,1-5H3. The van der Waals surface area contributed by atoms with Gasteiger partial charge in [-0.25, -0.2) is 0 Å². The summed E-state index contributed by atoms with van der Waals surface area (Å²) < 4.78 is 6.25. The molecule has 2 nitrogen and oxygen atoms in total. The minimum Gasteiger partial charge on any atom is -0.397 e. The van der Waals surface area contributed by atoms with Crippen LogP contribution in [0, 0.1) is 5.92 Å². The first kappa shape index (κ1) is 13.5. The highest BCUT2D eigenvalue weighted by molar-refractivity contribution is 7.15. The molecule has 1 heterocycles. The third-order valence-electron chi connectivity index (χ3n) is 3.33. The highest BCUT2D eigenvalue weighted by atomic mass is 35.6. The van der Waals surface area contributed by atoms with Crippen molar-refractivity contribution in [2.45, 2.75) is 45.4 Å².